The van der Waals surface area contributed by atoms with Crippen LogP contribution in [-0.4, -0.2) is 48.7 Å². The van der Waals surface area contributed by atoms with E-state index in [1.165, 1.54) is 93.2 Å². The average Bonchev–Trinajstić information content (AvgIpc) is 1.57. The number of hydrogen-bond acceptors (Lipinski definition) is 0. The fourth-order valence-corrected chi connectivity index (χ4v) is 32.4. The Balaban J connectivity index is 0.000000171. The van der Waals surface area contributed by atoms with Crippen LogP contribution in [0.3, 0.4) is 0 Å². The number of terminal acetylenes is 2. The first-order chi connectivity index (χ1) is 44.1. The maximum absolute atomic E-state index is 8.26. The quantitative estimate of drug-likeness (QED) is 0.0727. The third kappa shape index (κ3) is 14.4. The Bertz CT molecular complexity index is 4310. The summed E-state index contributed by atoms with van der Waals surface area (Å²) in [4.78, 5) is 0. The SMILES string of the molecule is C#[C][Ge]1([c]2ccccc2)[C](c2ccccc2)=C(c2ccccc2)C(c2ccccc2)=[C]1c1ccccc1.C(#Cc1ccccc1)c1ccccc1.[Br-].[C-]#C.[Cl][Ge]1([c]2ccccc2)[C](c2ccccc2)=C(c2ccccc2)C(c2ccccc2)=[C]1c1ccccc1.[Mg+2]. The summed E-state index contributed by atoms with van der Waals surface area (Å²) in [5.41, 5.74) is 16.8. The van der Waals surface area contributed by atoms with Gasteiger partial charge in [-0.25, -0.2) is 0 Å². The molecule has 0 fully saturated rings. The summed E-state index contributed by atoms with van der Waals surface area (Å²) in [7, 11) is 8.26. The number of benzene rings is 12. The van der Waals surface area contributed by atoms with E-state index >= 15 is 0 Å². The van der Waals surface area contributed by atoms with Crippen LogP contribution in [-0.2, 0) is 0 Å². The standard InChI is InChI=1S/C36H26Ge.C34H25ClGe.C14H10.C2H.BrH.Mg/c1-2-37(32-26-16-7-17-27-32)35(30-22-12-5-13-23-30)33(28-18-8-3-9-19-28)34(29-20-10-4-11-21-29)36(37)31-24-14-6-15-25-31;35-36(30-24-14-5-15-25-30)33(28-20-10-3-11-21-28)31(26-16-6-1-7-17-26)32(27-18-8-2-9-19-27)34(36)29-22-12-4-13-23-29;1-3-7-13(8-4-1)11-12-14-9-5-2-6-10-14;1-2;;/h1,3-27H;1-25H;1-10H;1H;1H;/q;;;-1;;+2/p-1. The molecule has 0 atom stereocenters. The minimum atomic E-state index is -3.69. The number of allylic oxidation sites excluding steroid dienone is 4. The Labute approximate surface area is 574 Å². The molecule has 0 aromatic heterocycles. The number of hydrogen-bond donors (Lipinski definition) is 0. The summed E-state index contributed by atoms with van der Waals surface area (Å²) in [5.74, 6) is 6.22. The molecular formula is C86H62BrClGe2Mg. The molecule has 5 heteroatoms. The molecule has 0 saturated carbocycles. The Kier molecular flexibility index (Phi) is 23.7. The molecule has 0 spiro atoms. The van der Waals surface area contributed by atoms with Gasteiger partial charge in [0.25, 0.3) is 0 Å². The van der Waals surface area contributed by atoms with Crippen LogP contribution in [0.15, 0.2) is 364 Å². The normalized spacial score (nSPS) is 13.1. The molecule has 0 amide bonds. The molecule has 430 valence electrons. The van der Waals surface area contributed by atoms with Gasteiger partial charge >= 0.3 is 466 Å². The van der Waals surface area contributed by atoms with Gasteiger partial charge in [0.05, 0.1) is 0 Å². The molecule has 0 nitrogen and oxygen atoms in total. The summed E-state index contributed by atoms with van der Waals surface area (Å²) in [6.07, 6.45) is 15.8. The molecule has 0 radical (unpaired) electrons. The summed E-state index contributed by atoms with van der Waals surface area (Å²) in [6, 6.07) is 128. The van der Waals surface area contributed by atoms with Gasteiger partial charge in [0.15, 0.2) is 0 Å². The van der Waals surface area contributed by atoms with Crippen molar-refractivity contribution in [2.24, 2.45) is 0 Å². The molecule has 0 bridgehead atoms. The van der Waals surface area contributed by atoms with E-state index in [4.69, 9.17) is 22.9 Å². The summed E-state index contributed by atoms with van der Waals surface area (Å²) in [6.45, 7) is 0. The van der Waals surface area contributed by atoms with E-state index in [9.17, 15) is 0 Å². The van der Waals surface area contributed by atoms with Gasteiger partial charge in [0.1, 0.15) is 0 Å². The van der Waals surface area contributed by atoms with Crippen molar-refractivity contribution in [1.82, 2.24) is 0 Å². The second-order valence-electron chi connectivity index (χ2n) is 21.2. The second kappa shape index (κ2) is 32.6. The van der Waals surface area contributed by atoms with E-state index < -0.39 is 25.6 Å². The van der Waals surface area contributed by atoms with E-state index in [2.05, 4.69) is 326 Å². The van der Waals surface area contributed by atoms with Gasteiger partial charge < -0.3 is 29.8 Å². The Morgan fingerprint density at radius 2 is 0.440 bits per heavy atom. The molecule has 12 aromatic carbocycles. The monoisotopic (exact) mass is 1380 g/mol. The molecule has 0 unspecified atom stereocenters. The third-order valence-corrected chi connectivity index (χ3v) is 35.4. The Morgan fingerprint density at radius 3 is 0.681 bits per heavy atom. The predicted molar refractivity (Wildman–Crippen MR) is 390 cm³/mol. The van der Waals surface area contributed by atoms with Crippen LogP contribution >= 0.6 is 10.0 Å². The molecule has 0 N–H and O–H groups in total. The van der Waals surface area contributed by atoms with E-state index in [0.29, 0.717) is 0 Å². The van der Waals surface area contributed by atoms with Crippen LogP contribution in [0.4, 0.5) is 0 Å². The van der Waals surface area contributed by atoms with Gasteiger partial charge in [-0.1, -0.05) is 48.2 Å². The van der Waals surface area contributed by atoms with Crippen molar-refractivity contribution in [2.45, 2.75) is 0 Å². The Hall–Kier alpha value is -9.10. The molecular weight excluding hydrogens is 1320 g/mol. The largest absolute Gasteiger partial charge is 2.00 e. The van der Waals surface area contributed by atoms with Crippen molar-refractivity contribution >= 4 is 107 Å². The van der Waals surface area contributed by atoms with E-state index in [0.717, 1.165) is 11.1 Å². The molecule has 2 aliphatic rings. The van der Waals surface area contributed by atoms with Crippen LogP contribution in [0.2, 0.25) is 0 Å². The molecule has 12 aromatic rings. The Morgan fingerprint density at radius 1 is 0.253 bits per heavy atom. The van der Waals surface area contributed by atoms with Crippen molar-refractivity contribution in [3.8, 4) is 29.4 Å². The van der Waals surface area contributed by atoms with Crippen molar-refractivity contribution in [1.29, 1.82) is 0 Å². The van der Waals surface area contributed by atoms with Gasteiger partial charge in [-0.3, -0.25) is 0 Å². The van der Waals surface area contributed by atoms with Crippen LogP contribution in [0.25, 0.3) is 39.9 Å². The van der Waals surface area contributed by atoms with Gasteiger partial charge in [-0.15, -0.1) is 0 Å². The minimum absolute atomic E-state index is 0. The zero-order valence-electron chi connectivity index (χ0n) is 50.3. The van der Waals surface area contributed by atoms with Crippen molar-refractivity contribution in [3.05, 3.63) is 426 Å². The maximum Gasteiger partial charge on any atom is 2.00 e. The average molecular weight is 1380 g/mol. The topological polar surface area (TPSA) is 0 Å². The zero-order chi connectivity index (χ0) is 61.1. The smallest absolute Gasteiger partial charge is 2.00 e. The molecule has 14 rings (SSSR count). The second-order valence-corrected chi connectivity index (χ2v) is 37.3. The fourth-order valence-electron chi connectivity index (χ4n) is 12.2. The molecule has 0 aliphatic carbocycles. The predicted octanol–water partition coefficient (Wildman–Crippen LogP) is 16.1. The first-order valence-corrected chi connectivity index (χ1v) is 39.8. The van der Waals surface area contributed by atoms with Crippen LogP contribution < -0.4 is 25.8 Å². The van der Waals surface area contributed by atoms with E-state index in [-0.39, 0.29) is 40.0 Å². The van der Waals surface area contributed by atoms with Gasteiger partial charge in [-0.2, -0.15) is 0 Å². The van der Waals surface area contributed by atoms with Crippen molar-refractivity contribution in [3.63, 3.8) is 0 Å². The van der Waals surface area contributed by atoms with Crippen LogP contribution in [0.5, 0.6) is 0 Å². The van der Waals surface area contributed by atoms with Crippen LogP contribution in [0.1, 0.15) is 55.6 Å². The summed E-state index contributed by atoms with van der Waals surface area (Å²) >= 11 is -7.36. The number of rotatable bonds is 10. The van der Waals surface area contributed by atoms with Gasteiger partial charge in [0.2, 0.25) is 0 Å². The van der Waals surface area contributed by atoms with E-state index in [1.54, 1.807) is 0 Å². The van der Waals surface area contributed by atoms with Crippen LogP contribution in [0, 0.1) is 35.9 Å². The van der Waals surface area contributed by atoms with Gasteiger partial charge in [-0.05, 0) is 24.3 Å². The van der Waals surface area contributed by atoms with E-state index in [1.807, 2.05) is 60.7 Å². The van der Waals surface area contributed by atoms with Crippen molar-refractivity contribution in [2.75, 3.05) is 0 Å². The van der Waals surface area contributed by atoms with Crippen molar-refractivity contribution < 1.29 is 17.0 Å². The summed E-state index contributed by atoms with van der Waals surface area (Å²) in [5, 5.41) is 0. The third-order valence-electron chi connectivity index (χ3n) is 15.9. The fraction of sp³-hybridized carbons (Fsp3) is 0. The molecule has 2 aliphatic heterocycles. The first kappa shape index (κ1) is 66.3. The molecule has 2 heterocycles. The molecule has 91 heavy (non-hydrogen) atoms. The zero-order valence-corrected chi connectivity index (χ0v) is 58.2. The maximum atomic E-state index is 8.26. The minimum Gasteiger partial charge on any atom is 2.00 e. The first-order valence-electron chi connectivity index (χ1n) is 29.7. The molecule has 0 saturated heterocycles. The summed E-state index contributed by atoms with van der Waals surface area (Å²) < 4.78 is 11.3. The van der Waals surface area contributed by atoms with Gasteiger partial charge in [0, 0.05) is 11.1 Å². The number of halogens is 2.